The van der Waals surface area contributed by atoms with Crippen LogP contribution in [0.5, 0.6) is 0 Å². The molecule has 0 aromatic heterocycles. The van der Waals surface area contributed by atoms with Crippen molar-refractivity contribution >= 4 is 15.9 Å². The van der Waals surface area contributed by atoms with Crippen molar-refractivity contribution in [3.05, 3.63) is 12.7 Å². The zero-order chi connectivity index (χ0) is 18.2. The third-order valence-corrected chi connectivity index (χ3v) is 4.10. The fourth-order valence-corrected chi connectivity index (χ4v) is 2.32. The van der Waals surface area contributed by atoms with Crippen molar-refractivity contribution in [2.45, 2.75) is 44.0 Å². The lowest BCUT2D eigenvalue weighted by Gasteiger charge is -2.17. The number of rotatable bonds is 16. The van der Waals surface area contributed by atoms with Crippen LogP contribution in [0.25, 0.3) is 0 Å². The molecular formula is C18H33BrO6. The molecule has 0 N–H and O–H groups in total. The molecular weight excluding hydrogens is 392 g/mol. The highest BCUT2D eigenvalue weighted by atomic mass is 79.9. The molecule has 0 amide bonds. The van der Waals surface area contributed by atoms with Crippen LogP contribution in [0.1, 0.15) is 25.7 Å². The van der Waals surface area contributed by atoms with Gasteiger partial charge in [0.25, 0.3) is 0 Å². The highest BCUT2D eigenvalue weighted by molar-refractivity contribution is 9.09. The Morgan fingerprint density at radius 2 is 1.96 bits per heavy atom. The summed E-state index contributed by atoms with van der Waals surface area (Å²) in [5.74, 6) is 0. The lowest BCUT2D eigenvalue weighted by atomic mass is 10.2. The summed E-state index contributed by atoms with van der Waals surface area (Å²) in [6, 6.07) is 0. The van der Waals surface area contributed by atoms with Gasteiger partial charge in [0.15, 0.2) is 0 Å². The number of alkyl halides is 1. The molecule has 2 saturated heterocycles. The maximum Gasteiger partial charge on any atom is 0.146 e. The third kappa shape index (κ3) is 15.9. The summed E-state index contributed by atoms with van der Waals surface area (Å²) in [4.78, 5) is 0. The molecule has 0 radical (unpaired) electrons. The predicted molar refractivity (Wildman–Crippen MR) is 100 cm³/mol. The smallest absolute Gasteiger partial charge is 0.146 e. The maximum atomic E-state index is 5.54. The van der Waals surface area contributed by atoms with Crippen molar-refractivity contribution < 1.29 is 28.4 Å². The van der Waals surface area contributed by atoms with Crippen molar-refractivity contribution in [1.82, 2.24) is 0 Å². The van der Waals surface area contributed by atoms with E-state index in [0.717, 1.165) is 31.4 Å². The molecule has 0 aliphatic carbocycles. The molecule has 0 bridgehead atoms. The van der Waals surface area contributed by atoms with Gasteiger partial charge in [-0.15, -0.1) is 6.58 Å². The second-order valence-corrected chi connectivity index (χ2v) is 6.77. The van der Waals surface area contributed by atoms with Crippen LogP contribution >= 0.6 is 15.9 Å². The van der Waals surface area contributed by atoms with Crippen LogP contribution in [0.2, 0.25) is 0 Å². The molecule has 25 heavy (non-hydrogen) atoms. The van der Waals surface area contributed by atoms with Crippen molar-refractivity contribution in [3.8, 4) is 0 Å². The molecule has 0 saturated carbocycles. The van der Waals surface area contributed by atoms with Crippen molar-refractivity contribution in [3.63, 3.8) is 0 Å². The summed E-state index contributed by atoms with van der Waals surface area (Å²) in [7, 11) is 1.61. The molecule has 0 aromatic rings. The van der Waals surface area contributed by atoms with Crippen LogP contribution in [0.3, 0.4) is 0 Å². The van der Waals surface area contributed by atoms with Gasteiger partial charge in [0.1, 0.15) is 12.9 Å². The first-order valence-electron chi connectivity index (χ1n) is 8.96. The summed E-state index contributed by atoms with van der Waals surface area (Å²) in [5.41, 5.74) is 0. The molecule has 2 aliphatic rings. The van der Waals surface area contributed by atoms with Crippen LogP contribution in [0.4, 0.5) is 0 Å². The van der Waals surface area contributed by atoms with Crippen LogP contribution in [-0.4, -0.2) is 77.2 Å². The van der Waals surface area contributed by atoms with Gasteiger partial charge in [0, 0.05) is 19.0 Å². The number of halogens is 1. The van der Waals surface area contributed by atoms with Crippen molar-refractivity contribution in [1.29, 1.82) is 0 Å². The number of hydrogen-bond acceptors (Lipinski definition) is 6. The van der Waals surface area contributed by atoms with Crippen molar-refractivity contribution in [2.24, 2.45) is 0 Å². The van der Waals surface area contributed by atoms with E-state index in [0.29, 0.717) is 45.4 Å². The van der Waals surface area contributed by atoms with Crippen molar-refractivity contribution in [2.75, 3.05) is 58.9 Å². The number of methoxy groups -OCH3 is 1. The van der Waals surface area contributed by atoms with Crippen LogP contribution in [0.15, 0.2) is 12.7 Å². The average Bonchev–Trinajstić information content (AvgIpc) is 3.52. The predicted octanol–water partition coefficient (Wildman–Crippen LogP) is 2.93. The second kappa shape index (κ2) is 16.2. The molecule has 2 rings (SSSR count). The van der Waals surface area contributed by atoms with E-state index in [1.807, 2.05) is 0 Å². The van der Waals surface area contributed by atoms with Gasteiger partial charge < -0.3 is 28.4 Å². The molecule has 7 heteroatoms. The van der Waals surface area contributed by atoms with Gasteiger partial charge in [-0.2, -0.15) is 0 Å². The molecule has 3 unspecified atom stereocenters. The molecule has 148 valence electrons. The quantitative estimate of drug-likeness (QED) is 0.125. The highest BCUT2D eigenvalue weighted by Crippen LogP contribution is 2.15. The summed E-state index contributed by atoms with van der Waals surface area (Å²) in [6.45, 7) is 8.25. The molecule has 2 fully saturated rings. The Kier molecular flexibility index (Phi) is 14.9. The van der Waals surface area contributed by atoms with Gasteiger partial charge in [-0.1, -0.05) is 22.0 Å². The van der Waals surface area contributed by atoms with Crippen LogP contribution in [0, 0.1) is 0 Å². The first-order chi connectivity index (χ1) is 12.3. The average molecular weight is 425 g/mol. The van der Waals surface area contributed by atoms with Gasteiger partial charge in [0.2, 0.25) is 0 Å². The molecule has 2 aliphatic heterocycles. The fraction of sp³-hybridized carbons (Fsp3) is 0.889. The van der Waals surface area contributed by atoms with Crippen LogP contribution in [-0.2, 0) is 28.4 Å². The first kappa shape index (κ1) is 23.0. The van der Waals surface area contributed by atoms with Crippen LogP contribution < -0.4 is 0 Å². The number of ether oxygens (including phenoxy) is 6. The van der Waals surface area contributed by atoms with Gasteiger partial charge in [-0.25, -0.2) is 0 Å². The van der Waals surface area contributed by atoms with E-state index in [1.54, 1.807) is 13.2 Å². The normalized spacial score (nSPS) is 22.0. The Hall–Kier alpha value is -0.0200. The number of epoxide rings is 2. The first-order valence-corrected chi connectivity index (χ1v) is 10.1. The molecule has 0 spiro atoms. The molecule has 3 atom stereocenters. The lowest BCUT2D eigenvalue weighted by Crippen LogP contribution is -2.23. The second-order valence-electron chi connectivity index (χ2n) is 5.98. The van der Waals surface area contributed by atoms with Gasteiger partial charge >= 0.3 is 0 Å². The Bertz CT molecular complexity index is 310. The van der Waals surface area contributed by atoms with E-state index >= 15 is 0 Å². The SMILES string of the molecule is BrCCCC1CO1.C=CCOCCCC(COCC1CO1)OCOC. The van der Waals surface area contributed by atoms with E-state index in [-0.39, 0.29) is 6.10 Å². The van der Waals surface area contributed by atoms with Gasteiger partial charge in [-0.05, 0) is 25.7 Å². The zero-order valence-electron chi connectivity index (χ0n) is 15.3. The Balaban J connectivity index is 0.000000370. The van der Waals surface area contributed by atoms with E-state index in [1.165, 1.54) is 12.8 Å². The Labute approximate surface area is 160 Å². The summed E-state index contributed by atoms with van der Waals surface area (Å²) < 4.78 is 31.4. The summed E-state index contributed by atoms with van der Waals surface area (Å²) >= 11 is 3.35. The standard InChI is InChI=1S/C13H24O5.C5H9BrO/c1-3-6-15-7-4-5-12(18-11-14-2)8-16-9-13-10-17-13;6-3-1-2-5-4-7-5/h3,12-13H,1,4-11H2,2H3;5H,1-4H2. The molecule has 2 heterocycles. The minimum absolute atomic E-state index is 0.0519. The minimum Gasteiger partial charge on any atom is -0.377 e. The molecule has 6 nitrogen and oxygen atoms in total. The Morgan fingerprint density at radius 1 is 1.20 bits per heavy atom. The van der Waals surface area contributed by atoms with Gasteiger partial charge in [0.05, 0.1) is 45.2 Å². The Morgan fingerprint density at radius 3 is 2.56 bits per heavy atom. The minimum atomic E-state index is 0.0519. The fourth-order valence-electron chi connectivity index (χ4n) is 1.99. The van der Waals surface area contributed by atoms with E-state index in [4.69, 9.17) is 28.4 Å². The highest BCUT2D eigenvalue weighted by Gasteiger charge is 2.23. The zero-order valence-corrected chi connectivity index (χ0v) is 16.9. The largest absolute Gasteiger partial charge is 0.377 e. The number of hydrogen-bond donors (Lipinski definition) is 0. The van der Waals surface area contributed by atoms with Gasteiger partial charge in [-0.3, -0.25) is 0 Å². The van der Waals surface area contributed by atoms with E-state index in [2.05, 4.69) is 22.5 Å². The molecule has 0 aromatic carbocycles. The summed E-state index contributed by atoms with van der Waals surface area (Å²) in [6.07, 6.45) is 7.04. The summed E-state index contributed by atoms with van der Waals surface area (Å²) in [5, 5.41) is 1.12. The monoisotopic (exact) mass is 424 g/mol. The van der Waals surface area contributed by atoms with E-state index < -0.39 is 0 Å². The third-order valence-electron chi connectivity index (χ3n) is 3.54. The topological polar surface area (TPSA) is 62.0 Å². The van der Waals surface area contributed by atoms with E-state index in [9.17, 15) is 0 Å². The maximum absolute atomic E-state index is 5.54. The lowest BCUT2D eigenvalue weighted by molar-refractivity contribution is -0.101.